The SMILES string of the molecule is CN(C)CC1(O)CCN(c2ccncc2NC(=O)C2C(N)NN3CC(Cl)CNC23)CC1. The van der Waals surface area contributed by atoms with Crippen LogP contribution in [0.1, 0.15) is 12.8 Å². The van der Waals surface area contributed by atoms with Crippen LogP contribution in [0.4, 0.5) is 11.4 Å². The summed E-state index contributed by atoms with van der Waals surface area (Å²) >= 11 is 6.22. The first kappa shape index (κ1) is 22.7. The standard InChI is InChI=1S/C20H33ClN8O2/c1-27(2)12-20(31)4-7-28(8-5-20)15-3-6-23-10-14(15)25-19(30)16-17(22)26-29-11-13(21)9-24-18(16)29/h3,6,10,13,16-18,24,26,31H,4-5,7-9,11-12,22H2,1-2H3,(H,25,30). The van der Waals surface area contributed by atoms with Crippen LogP contribution in [0, 0.1) is 5.92 Å². The molecular formula is C20H33ClN8O2. The minimum Gasteiger partial charge on any atom is -0.388 e. The average Bonchev–Trinajstić information content (AvgIpc) is 3.03. The van der Waals surface area contributed by atoms with Crippen LogP contribution in [0.5, 0.6) is 0 Å². The third-order valence-corrected chi connectivity index (χ3v) is 6.62. The molecule has 0 bridgehead atoms. The molecule has 0 aromatic carbocycles. The van der Waals surface area contributed by atoms with E-state index < -0.39 is 17.7 Å². The van der Waals surface area contributed by atoms with Crippen LogP contribution in [-0.4, -0.2) is 96.0 Å². The molecule has 4 rings (SSSR count). The number of fused-ring (bicyclic) bond motifs is 1. The minimum atomic E-state index is -0.685. The first-order valence-corrected chi connectivity index (χ1v) is 11.2. The number of piperidine rings is 1. The predicted molar refractivity (Wildman–Crippen MR) is 121 cm³/mol. The summed E-state index contributed by atoms with van der Waals surface area (Å²) in [4.78, 5) is 21.6. The molecule has 0 aliphatic carbocycles. The number of amides is 1. The van der Waals surface area contributed by atoms with Gasteiger partial charge in [-0.15, -0.1) is 11.6 Å². The fourth-order valence-corrected chi connectivity index (χ4v) is 5.10. The van der Waals surface area contributed by atoms with E-state index in [2.05, 4.69) is 25.9 Å². The summed E-state index contributed by atoms with van der Waals surface area (Å²) in [5, 5.41) is 19.1. The zero-order chi connectivity index (χ0) is 22.2. The van der Waals surface area contributed by atoms with Crippen molar-refractivity contribution in [3.05, 3.63) is 18.5 Å². The molecule has 172 valence electrons. The summed E-state index contributed by atoms with van der Waals surface area (Å²) < 4.78 is 0. The van der Waals surface area contributed by atoms with Gasteiger partial charge in [-0.05, 0) is 33.0 Å². The van der Waals surface area contributed by atoms with Crippen molar-refractivity contribution >= 4 is 28.9 Å². The second kappa shape index (κ2) is 9.14. The first-order chi connectivity index (χ1) is 14.8. The molecule has 11 heteroatoms. The first-order valence-electron chi connectivity index (χ1n) is 10.8. The van der Waals surface area contributed by atoms with Gasteiger partial charge in [-0.1, -0.05) is 0 Å². The van der Waals surface area contributed by atoms with E-state index in [-0.39, 0.29) is 17.5 Å². The van der Waals surface area contributed by atoms with Crippen LogP contribution in [0.3, 0.4) is 0 Å². The highest BCUT2D eigenvalue weighted by molar-refractivity contribution is 6.21. The van der Waals surface area contributed by atoms with Crippen LogP contribution < -0.4 is 26.7 Å². The lowest BCUT2D eigenvalue weighted by atomic mass is 9.90. The molecular weight excluding hydrogens is 420 g/mol. The molecule has 4 atom stereocenters. The van der Waals surface area contributed by atoms with Crippen molar-refractivity contribution in [2.75, 3.05) is 57.0 Å². The number of likely N-dealkylation sites (N-methyl/N-ethyl adjacent to an activating group) is 1. The highest BCUT2D eigenvalue weighted by Gasteiger charge is 2.46. The number of nitrogens with two attached hydrogens (primary N) is 1. The number of hydrazine groups is 1. The Labute approximate surface area is 188 Å². The number of hydrogen-bond acceptors (Lipinski definition) is 9. The zero-order valence-electron chi connectivity index (χ0n) is 18.1. The van der Waals surface area contributed by atoms with Gasteiger partial charge in [0.15, 0.2) is 0 Å². The number of alkyl halides is 1. The molecule has 4 heterocycles. The van der Waals surface area contributed by atoms with Crippen molar-refractivity contribution in [1.82, 2.24) is 25.6 Å². The Kier molecular flexibility index (Phi) is 6.68. The van der Waals surface area contributed by atoms with Gasteiger partial charge in [0.05, 0.1) is 46.8 Å². The normalized spacial score (nSPS) is 31.0. The van der Waals surface area contributed by atoms with E-state index in [9.17, 15) is 9.90 Å². The lowest BCUT2D eigenvalue weighted by molar-refractivity contribution is -0.121. The van der Waals surface area contributed by atoms with Gasteiger partial charge < -0.3 is 26.0 Å². The monoisotopic (exact) mass is 452 g/mol. The van der Waals surface area contributed by atoms with Gasteiger partial charge in [0, 0.05) is 38.9 Å². The fourth-order valence-electron chi connectivity index (χ4n) is 4.86. The van der Waals surface area contributed by atoms with E-state index in [1.807, 2.05) is 30.1 Å². The largest absolute Gasteiger partial charge is 0.388 e. The second-order valence-corrected chi connectivity index (χ2v) is 9.73. The molecule has 4 unspecified atom stereocenters. The van der Waals surface area contributed by atoms with E-state index in [0.717, 1.165) is 5.69 Å². The number of anilines is 2. The lowest BCUT2D eigenvalue weighted by Crippen LogP contribution is -2.58. The molecule has 0 spiro atoms. The van der Waals surface area contributed by atoms with Gasteiger partial charge in [0.2, 0.25) is 5.91 Å². The van der Waals surface area contributed by atoms with Gasteiger partial charge >= 0.3 is 0 Å². The minimum absolute atomic E-state index is 0.0343. The number of aliphatic hydroxyl groups is 1. The number of halogens is 1. The molecule has 3 aliphatic rings. The van der Waals surface area contributed by atoms with E-state index in [1.54, 1.807) is 12.4 Å². The number of nitrogens with zero attached hydrogens (tertiary/aromatic N) is 4. The highest BCUT2D eigenvalue weighted by Crippen LogP contribution is 2.32. The van der Waals surface area contributed by atoms with Crippen molar-refractivity contribution in [1.29, 1.82) is 0 Å². The Bertz CT molecular complexity index is 788. The average molecular weight is 453 g/mol. The van der Waals surface area contributed by atoms with Gasteiger partial charge in [0.1, 0.15) is 0 Å². The number of hydrogen-bond donors (Lipinski definition) is 5. The molecule has 0 saturated carbocycles. The van der Waals surface area contributed by atoms with Crippen LogP contribution >= 0.6 is 11.6 Å². The summed E-state index contributed by atoms with van der Waals surface area (Å²) in [6, 6.07) is 1.90. The predicted octanol–water partition coefficient (Wildman–Crippen LogP) is -0.829. The van der Waals surface area contributed by atoms with Crippen LogP contribution in [0.15, 0.2) is 18.5 Å². The molecule has 0 radical (unpaired) electrons. The maximum atomic E-state index is 13.2. The summed E-state index contributed by atoms with van der Waals surface area (Å²) in [5.74, 6) is -0.632. The van der Waals surface area contributed by atoms with Crippen molar-refractivity contribution in [2.45, 2.75) is 36.2 Å². The third kappa shape index (κ3) is 4.95. The van der Waals surface area contributed by atoms with Crippen molar-refractivity contribution in [2.24, 2.45) is 11.7 Å². The van der Waals surface area contributed by atoms with Gasteiger partial charge in [-0.25, -0.2) is 10.4 Å². The maximum absolute atomic E-state index is 13.2. The molecule has 1 aromatic rings. The number of carbonyl (C=O) groups excluding carboxylic acids is 1. The Morgan fingerprint density at radius 2 is 2.19 bits per heavy atom. The Hall–Kier alpha value is -1.53. The third-order valence-electron chi connectivity index (χ3n) is 6.33. The lowest BCUT2D eigenvalue weighted by Gasteiger charge is -2.41. The molecule has 10 nitrogen and oxygen atoms in total. The van der Waals surface area contributed by atoms with E-state index in [1.165, 1.54) is 0 Å². The molecule has 31 heavy (non-hydrogen) atoms. The van der Waals surface area contributed by atoms with Crippen molar-refractivity contribution in [3.8, 4) is 0 Å². The molecule has 3 saturated heterocycles. The quantitative estimate of drug-likeness (QED) is 0.364. The smallest absolute Gasteiger partial charge is 0.233 e. The number of rotatable bonds is 5. The molecule has 3 aliphatic heterocycles. The summed E-state index contributed by atoms with van der Waals surface area (Å²) in [7, 11) is 3.94. The van der Waals surface area contributed by atoms with Gasteiger partial charge in [0.25, 0.3) is 0 Å². The summed E-state index contributed by atoms with van der Waals surface area (Å²) in [5.41, 5.74) is 10.3. The Morgan fingerprint density at radius 3 is 2.90 bits per heavy atom. The van der Waals surface area contributed by atoms with Gasteiger partial charge in [-0.3, -0.25) is 15.1 Å². The van der Waals surface area contributed by atoms with Crippen LogP contribution in [0.25, 0.3) is 0 Å². The molecule has 3 fully saturated rings. The number of pyridine rings is 1. The molecule has 1 aromatic heterocycles. The Balaban J connectivity index is 1.44. The maximum Gasteiger partial charge on any atom is 0.233 e. The summed E-state index contributed by atoms with van der Waals surface area (Å²) in [6.45, 7) is 3.30. The number of carbonyl (C=O) groups is 1. The summed E-state index contributed by atoms with van der Waals surface area (Å²) in [6.07, 6.45) is 4.01. The van der Waals surface area contributed by atoms with Crippen LogP contribution in [0.2, 0.25) is 0 Å². The van der Waals surface area contributed by atoms with Gasteiger partial charge in [-0.2, -0.15) is 0 Å². The van der Waals surface area contributed by atoms with Crippen molar-refractivity contribution < 1.29 is 9.90 Å². The Morgan fingerprint density at radius 1 is 1.45 bits per heavy atom. The second-order valence-electron chi connectivity index (χ2n) is 9.11. The topological polar surface area (TPSA) is 122 Å². The highest BCUT2D eigenvalue weighted by atomic mass is 35.5. The number of nitrogens with one attached hydrogen (secondary N) is 3. The number of aromatic nitrogens is 1. The molecule has 1 amide bonds. The van der Waals surface area contributed by atoms with E-state index in [4.69, 9.17) is 17.3 Å². The molecule has 6 N–H and O–H groups in total. The van der Waals surface area contributed by atoms with Crippen molar-refractivity contribution in [3.63, 3.8) is 0 Å². The van der Waals surface area contributed by atoms with Crippen LogP contribution in [-0.2, 0) is 4.79 Å². The van der Waals surface area contributed by atoms with E-state index in [0.29, 0.717) is 51.3 Å². The fraction of sp³-hybridized carbons (Fsp3) is 0.700. The zero-order valence-corrected chi connectivity index (χ0v) is 18.8. The van der Waals surface area contributed by atoms with E-state index >= 15 is 0 Å².